The predicted octanol–water partition coefficient (Wildman–Crippen LogP) is 0.451. The Bertz CT molecular complexity index is 561. The van der Waals surface area contributed by atoms with Gasteiger partial charge in [-0.1, -0.05) is 6.92 Å². The van der Waals surface area contributed by atoms with Crippen molar-refractivity contribution in [3.8, 4) is 0 Å². The zero-order valence-corrected chi connectivity index (χ0v) is 11.7. The van der Waals surface area contributed by atoms with Gasteiger partial charge in [0.25, 0.3) is 10.0 Å². The van der Waals surface area contributed by atoms with Crippen molar-refractivity contribution in [1.29, 1.82) is 5.41 Å². The summed E-state index contributed by atoms with van der Waals surface area (Å²) in [4.78, 5) is 6.86. The molecule has 1 aromatic heterocycles. The summed E-state index contributed by atoms with van der Waals surface area (Å²) < 4.78 is 26.4. The molecular formula is C11H19N5O2S. The normalized spacial score (nSPS) is 15.9. The zero-order chi connectivity index (χ0) is 14.0. The van der Waals surface area contributed by atoms with E-state index in [1.807, 2.05) is 6.92 Å². The number of H-pyrrole nitrogens is 1. The second-order valence-corrected chi connectivity index (χ2v) is 6.53. The first-order chi connectivity index (χ1) is 8.95. The van der Waals surface area contributed by atoms with Crippen molar-refractivity contribution < 1.29 is 8.42 Å². The van der Waals surface area contributed by atoms with Gasteiger partial charge < -0.3 is 10.7 Å². The third-order valence-corrected chi connectivity index (χ3v) is 4.94. The van der Waals surface area contributed by atoms with Crippen LogP contribution in [0.15, 0.2) is 11.2 Å². The smallest absolute Gasteiger partial charge is 0.260 e. The van der Waals surface area contributed by atoms with Gasteiger partial charge in [0.1, 0.15) is 5.82 Å². The molecule has 0 saturated heterocycles. The molecule has 1 aliphatic carbocycles. The van der Waals surface area contributed by atoms with Gasteiger partial charge in [0, 0.05) is 25.4 Å². The maximum atomic E-state index is 12.5. The molecule has 4 N–H and O–H groups in total. The van der Waals surface area contributed by atoms with Crippen LogP contribution in [-0.2, 0) is 16.4 Å². The minimum absolute atomic E-state index is 0.000270. The van der Waals surface area contributed by atoms with Crippen LogP contribution in [0.1, 0.15) is 32.0 Å². The van der Waals surface area contributed by atoms with E-state index in [-0.39, 0.29) is 29.9 Å². The summed E-state index contributed by atoms with van der Waals surface area (Å²) in [6.45, 7) is 2.16. The quantitative estimate of drug-likeness (QED) is 0.498. The van der Waals surface area contributed by atoms with Crippen LogP contribution in [0.4, 0.5) is 0 Å². The van der Waals surface area contributed by atoms with Gasteiger partial charge in [-0.05, 0) is 12.8 Å². The molecular weight excluding hydrogens is 266 g/mol. The van der Waals surface area contributed by atoms with E-state index in [9.17, 15) is 8.42 Å². The number of sulfonamides is 1. The van der Waals surface area contributed by atoms with Crippen LogP contribution >= 0.6 is 0 Å². The Labute approximate surface area is 112 Å². The fraction of sp³-hybridized carbons (Fsp3) is 0.636. The van der Waals surface area contributed by atoms with E-state index in [2.05, 4.69) is 9.97 Å². The van der Waals surface area contributed by atoms with E-state index in [0.717, 1.165) is 12.8 Å². The summed E-state index contributed by atoms with van der Waals surface area (Å²) in [7, 11) is -3.56. The molecule has 0 bridgehead atoms. The number of hydrogen-bond acceptors (Lipinski definition) is 4. The molecule has 0 radical (unpaired) electrons. The Morgan fingerprint density at radius 2 is 2.32 bits per heavy atom. The molecule has 1 aliphatic rings. The summed E-state index contributed by atoms with van der Waals surface area (Å²) in [5.41, 5.74) is 5.31. The minimum atomic E-state index is -3.56. The van der Waals surface area contributed by atoms with Crippen LogP contribution in [0.5, 0.6) is 0 Å². The summed E-state index contributed by atoms with van der Waals surface area (Å²) in [6.07, 6.45) is 4.01. The monoisotopic (exact) mass is 285 g/mol. The highest BCUT2D eigenvalue weighted by Gasteiger charge is 2.38. The average Bonchev–Trinajstić information content (AvgIpc) is 3.05. The van der Waals surface area contributed by atoms with Gasteiger partial charge in [0.05, 0.1) is 12.0 Å². The van der Waals surface area contributed by atoms with Gasteiger partial charge >= 0.3 is 0 Å². The first-order valence-electron chi connectivity index (χ1n) is 6.33. The molecule has 19 heavy (non-hydrogen) atoms. The number of rotatable bonds is 7. The SMILES string of the molecule is CCc1ncc(S(=O)(=O)N(CCC(=N)N)C2CC2)[nH]1. The van der Waals surface area contributed by atoms with E-state index in [4.69, 9.17) is 11.1 Å². The topological polar surface area (TPSA) is 116 Å². The molecule has 1 aromatic rings. The molecule has 0 atom stereocenters. The first kappa shape index (κ1) is 14.0. The van der Waals surface area contributed by atoms with Crippen molar-refractivity contribution in [2.45, 2.75) is 43.7 Å². The Balaban J connectivity index is 2.21. The first-order valence-corrected chi connectivity index (χ1v) is 7.77. The fourth-order valence-electron chi connectivity index (χ4n) is 1.87. The molecule has 2 rings (SSSR count). The summed E-state index contributed by atoms with van der Waals surface area (Å²) in [5, 5.41) is 7.35. The van der Waals surface area contributed by atoms with Crippen molar-refractivity contribution in [2.24, 2.45) is 5.73 Å². The highest BCUT2D eigenvalue weighted by molar-refractivity contribution is 7.89. The maximum absolute atomic E-state index is 12.5. The molecule has 7 nitrogen and oxygen atoms in total. The fourth-order valence-corrected chi connectivity index (χ4v) is 3.49. The molecule has 1 heterocycles. The van der Waals surface area contributed by atoms with Crippen molar-refractivity contribution >= 4 is 15.9 Å². The lowest BCUT2D eigenvalue weighted by Crippen LogP contribution is -2.36. The number of hydrogen-bond donors (Lipinski definition) is 3. The Morgan fingerprint density at radius 3 is 2.79 bits per heavy atom. The highest BCUT2D eigenvalue weighted by Crippen LogP contribution is 2.31. The molecule has 1 saturated carbocycles. The summed E-state index contributed by atoms with van der Waals surface area (Å²) in [6, 6.07) is 0.0396. The van der Waals surface area contributed by atoms with E-state index in [1.54, 1.807) is 0 Å². The van der Waals surface area contributed by atoms with Gasteiger partial charge in [-0.3, -0.25) is 5.41 Å². The second-order valence-electron chi connectivity index (χ2n) is 4.67. The minimum Gasteiger partial charge on any atom is -0.388 e. The molecule has 0 spiro atoms. The van der Waals surface area contributed by atoms with Gasteiger partial charge in [-0.25, -0.2) is 13.4 Å². The van der Waals surface area contributed by atoms with Crippen molar-refractivity contribution in [2.75, 3.05) is 6.54 Å². The van der Waals surface area contributed by atoms with Crippen molar-refractivity contribution in [1.82, 2.24) is 14.3 Å². The summed E-state index contributed by atoms with van der Waals surface area (Å²) >= 11 is 0. The zero-order valence-electron chi connectivity index (χ0n) is 10.9. The standard InChI is InChI=1S/C11H19N5O2S/c1-2-10-14-7-11(15-10)19(17,18)16(8-3-4-8)6-5-9(12)13/h7-8H,2-6H2,1H3,(H3,12,13)(H,14,15). The Kier molecular flexibility index (Phi) is 3.91. The molecule has 0 aliphatic heterocycles. The summed E-state index contributed by atoms with van der Waals surface area (Å²) in [5.74, 6) is 0.653. The van der Waals surface area contributed by atoms with E-state index < -0.39 is 10.0 Å². The highest BCUT2D eigenvalue weighted by atomic mass is 32.2. The maximum Gasteiger partial charge on any atom is 0.260 e. The number of imidazole rings is 1. The molecule has 1 fully saturated rings. The predicted molar refractivity (Wildman–Crippen MR) is 71.4 cm³/mol. The van der Waals surface area contributed by atoms with E-state index in [0.29, 0.717) is 12.2 Å². The number of aromatic nitrogens is 2. The lowest BCUT2D eigenvalue weighted by molar-refractivity contribution is 0.410. The lowest BCUT2D eigenvalue weighted by Gasteiger charge is -2.20. The van der Waals surface area contributed by atoms with Crippen LogP contribution in [0.25, 0.3) is 0 Å². The number of nitrogens with one attached hydrogen (secondary N) is 2. The Morgan fingerprint density at radius 1 is 1.63 bits per heavy atom. The Hall–Kier alpha value is -1.41. The van der Waals surface area contributed by atoms with Crippen LogP contribution in [-0.4, -0.2) is 41.1 Å². The molecule has 106 valence electrons. The molecule has 0 aromatic carbocycles. The largest absolute Gasteiger partial charge is 0.388 e. The van der Waals surface area contributed by atoms with Crippen LogP contribution in [0, 0.1) is 5.41 Å². The van der Waals surface area contributed by atoms with Crippen molar-refractivity contribution in [3.05, 3.63) is 12.0 Å². The van der Waals surface area contributed by atoms with Gasteiger partial charge in [-0.2, -0.15) is 4.31 Å². The van der Waals surface area contributed by atoms with Gasteiger partial charge in [-0.15, -0.1) is 0 Å². The van der Waals surface area contributed by atoms with E-state index >= 15 is 0 Å². The molecule has 0 amide bonds. The third-order valence-electron chi connectivity index (χ3n) is 3.08. The average molecular weight is 285 g/mol. The molecule has 0 unspecified atom stereocenters. The molecule has 8 heteroatoms. The number of nitrogens with zero attached hydrogens (tertiary/aromatic N) is 2. The number of amidine groups is 1. The van der Waals surface area contributed by atoms with Crippen LogP contribution in [0.3, 0.4) is 0 Å². The van der Waals surface area contributed by atoms with Gasteiger partial charge in [0.2, 0.25) is 0 Å². The lowest BCUT2D eigenvalue weighted by atomic mass is 10.4. The number of aromatic amines is 1. The van der Waals surface area contributed by atoms with Crippen LogP contribution < -0.4 is 5.73 Å². The van der Waals surface area contributed by atoms with Crippen molar-refractivity contribution in [3.63, 3.8) is 0 Å². The number of nitrogens with two attached hydrogens (primary N) is 1. The second kappa shape index (κ2) is 5.30. The van der Waals surface area contributed by atoms with E-state index in [1.165, 1.54) is 10.5 Å². The number of aryl methyl sites for hydroxylation is 1. The van der Waals surface area contributed by atoms with Crippen LogP contribution in [0.2, 0.25) is 0 Å². The third kappa shape index (κ3) is 3.13. The van der Waals surface area contributed by atoms with Gasteiger partial charge in [0.15, 0.2) is 5.03 Å².